The molecule has 0 aliphatic carbocycles. The molecule has 212 valence electrons. The van der Waals surface area contributed by atoms with Crippen molar-refractivity contribution in [1.29, 1.82) is 0 Å². The summed E-state index contributed by atoms with van der Waals surface area (Å²) in [4.78, 5) is 59.1. The van der Waals surface area contributed by atoms with Crippen molar-refractivity contribution in [3.8, 4) is 11.3 Å². The van der Waals surface area contributed by atoms with Gasteiger partial charge in [-0.15, -0.1) is 0 Å². The van der Waals surface area contributed by atoms with Crippen LogP contribution in [-0.4, -0.2) is 63.4 Å². The molecule has 0 fully saturated rings. The molecule has 0 saturated heterocycles. The van der Waals surface area contributed by atoms with Crippen LogP contribution in [0.4, 0.5) is 0 Å². The minimum absolute atomic E-state index is 0.0774. The molecule has 0 saturated carbocycles. The Bertz CT molecular complexity index is 1160. The molecular formula is C27H35N3O9. The summed E-state index contributed by atoms with van der Waals surface area (Å²) < 4.78 is 5.58. The van der Waals surface area contributed by atoms with Gasteiger partial charge in [-0.05, 0) is 42.7 Å². The van der Waals surface area contributed by atoms with E-state index in [0.717, 1.165) is 25.7 Å². The predicted octanol–water partition coefficient (Wildman–Crippen LogP) is 3.29. The Morgan fingerprint density at radius 1 is 1.03 bits per heavy atom. The monoisotopic (exact) mass is 545 g/mol. The van der Waals surface area contributed by atoms with Crippen LogP contribution in [0.15, 0.2) is 34.7 Å². The average molecular weight is 546 g/mol. The number of carboxylic acid groups (broad SMARTS) is 2. The minimum Gasteiger partial charge on any atom is -0.481 e. The molecule has 1 aromatic carbocycles. The zero-order valence-electron chi connectivity index (χ0n) is 22.0. The number of rotatable bonds is 17. The summed E-state index contributed by atoms with van der Waals surface area (Å²) in [6.07, 6.45) is 4.30. The molecule has 2 atom stereocenters. The second-order valence-electron chi connectivity index (χ2n) is 9.05. The van der Waals surface area contributed by atoms with Gasteiger partial charge in [0.05, 0.1) is 30.6 Å². The number of aromatic carboxylic acids is 1. The van der Waals surface area contributed by atoms with Crippen molar-refractivity contribution in [3.05, 3.63) is 47.2 Å². The van der Waals surface area contributed by atoms with Crippen molar-refractivity contribution >= 4 is 30.2 Å². The van der Waals surface area contributed by atoms with Crippen molar-refractivity contribution in [1.82, 2.24) is 15.7 Å². The maximum Gasteiger partial charge on any atom is 0.335 e. The summed E-state index contributed by atoms with van der Waals surface area (Å²) in [5.74, 6) is -4.01. The number of hydrogen-bond acceptors (Lipinski definition) is 7. The SMILES string of the molecule is CCCCCC[C@@H](C(=O)NCNC(=O)c1ccc(-c2ccc(C(=O)O)c(CC(=O)O)c2)o1)[C@@H](CC)N(O)C=O. The first-order valence-corrected chi connectivity index (χ1v) is 12.8. The van der Waals surface area contributed by atoms with Crippen LogP contribution in [0.2, 0.25) is 0 Å². The van der Waals surface area contributed by atoms with Gasteiger partial charge in [-0.25, -0.2) is 9.86 Å². The number of furan rings is 1. The molecule has 39 heavy (non-hydrogen) atoms. The van der Waals surface area contributed by atoms with Gasteiger partial charge >= 0.3 is 11.9 Å². The highest BCUT2D eigenvalue weighted by Crippen LogP contribution is 2.26. The van der Waals surface area contributed by atoms with Crippen LogP contribution in [0.5, 0.6) is 0 Å². The fourth-order valence-corrected chi connectivity index (χ4v) is 4.33. The first kappa shape index (κ1) is 31.0. The van der Waals surface area contributed by atoms with Crippen LogP contribution < -0.4 is 10.6 Å². The number of benzene rings is 1. The number of nitrogens with one attached hydrogen (secondary N) is 2. The molecule has 0 aliphatic heterocycles. The molecule has 12 nitrogen and oxygen atoms in total. The van der Waals surface area contributed by atoms with Gasteiger partial charge < -0.3 is 25.3 Å². The lowest BCUT2D eigenvalue weighted by molar-refractivity contribution is -0.168. The number of hydrogen-bond donors (Lipinski definition) is 5. The molecule has 2 aromatic rings. The normalized spacial score (nSPS) is 12.3. The summed E-state index contributed by atoms with van der Waals surface area (Å²) in [6, 6.07) is 6.28. The summed E-state index contributed by atoms with van der Waals surface area (Å²) >= 11 is 0. The van der Waals surface area contributed by atoms with Crippen molar-refractivity contribution in [2.24, 2.45) is 5.92 Å². The number of nitrogens with zero attached hydrogens (tertiary/aromatic N) is 1. The number of carboxylic acids is 2. The first-order chi connectivity index (χ1) is 18.6. The van der Waals surface area contributed by atoms with E-state index in [-0.39, 0.29) is 35.7 Å². The van der Waals surface area contributed by atoms with E-state index in [4.69, 9.17) is 9.52 Å². The number of amides is 3. The van der Waals surface area contributed by atoms with E-state index in [0.29, 0.717) is 23.5 Å². The maximum absolute atomic E-state index is 12.9. The summed E-state index contributed by atoms with van der Waals surface area (Å²) in [5.41, 5.74) is 0.333. The molecule has 2 rings (SSSR count). The van der Waals surface area contributed by atoms with Gasteiger partial charge in [0.1, 0.15) is 5.76 Å². The molecule has 0 aliphatic rings. The highest BCUT2D eigenvalue weighted by molar-refractivity contribution is 5.93. The molecule has 1 aromatic heterocycles. The van der Waals surface area contributed by atoms with E-state index in [2.05, 4.69) is 17.6 Å². The zero-order valence-corrected chi connectivity index (χ0v) is 22.0. The van der Waals surface area contributed by atoms with Crippen molar-refractivity contribution in [3.63, 3.8) is 0 Å². The molecule has 0 radical (unpaired) electrons. The third-order valence-corrected chi connectivity index (χ3v) is 6.34. The summed E-state index contributed by atoms with van der Waals surface area (Å²) in [7, 11) is 0. The van der Waals surface area contributed by atoms with Crippen LogP contribution in [0.25, 0.3) is 11.3 Å². The average Bonchev–Trinajstić information content (AvgIpc) is 3.40. The lowest BCUT2D eigenvalue weighted by Crippen LogP contribution is -2.47. The quantitative estimate of drug-likeness (QED) is 0.0653. The molecule has 1 heterocycles. The number of carbonyl (C=O) groups excluding carboxylic acids is 3. The van der Waals surface area contributed by atoms with Gasteiger partial charge in [0.15, 0.2) is 5.76 Å². The van der Waals surface area contributed by atoms with E-state index in [1.54, 1.807) is 6.92 Å². The van der Waals surface area contributed by atoms with Crippen LogP contribution in [-0.2, 0) is 20.8 Å². The van der Waals surface area contributed by atoms with Crippen molar-refractivity contribution in [2.45, 2.75) is 64.8 Å². The van der Waals surface area contributed by atoms with Crippen LogP contribution in [0.3, 0.4) is 0 Å². The fourth-order valence-electron chi connectivity index (χ4n) is 4.33. The second-order valence-corrected chi connectivity index (χ2v) is 9.05. The smallest absolute Gasteiger partial charge is 0.335 e. The summed E-state index contributed by atoms with van der Waals surface area (Å²) in [5, 5.41) is 34.0. The van der Waals surface area contributed by atoms with Gasteiger partial charge in [0, 0.05) is 5.56 Å². The lowest BCUT2D eigenvalue weighted by atomic mass is 9.90. The first-order valence-electron chi connectivity index (χ1n) is 12.8. The van der Waals surface area contributed by atoms with Crippen LogP contribution in [0.1, 0.15) is 78.8 Å². The lowest BCUT2D eigenvalue weighted by Gasteiger charge is -2.29. The third-order valence-electron chi connectivity index (χ3n) is 6.34. The highest BCUT2D eigenvalue weighted by Gasteiger charge is 2.30. The number of unbranched alkanes of at least 4 members (excludes halogenated alkanes) is 3. The molecule has 0 spiro atoms. The Kier molecular flexibility index (Phi) is 12.2. The van der Waals surface area contributed by atoms with Gasteiger partial charge in [-0.2, -0.15) is 0 Å². The Labute approximate surface area is 225 Å². The number of carbonyl (C=O) groups is 5. The fraction of sp³-hybridized carbons (Fsp3) is 0.444. The van der Waals surface area contributed by atoms with Gasteiger partial charge in [0.25, 0.3) is 5.91 Å². The third kappa shape index (κ3) is 8.95. The zero-order chi connectivity index (χ0) is 28.9. The van der Waals surface area contributed by atoms with Crippen LogP contribution in [0, 0.1) is 5.92 Å². The highest BCUT2D eigenvalue weighted by atomic mass is 16.5. The van der Waals surface area contributed by atoms with E-state index < -0.39 is 42.1 Å². The predicted molar refractivity (Wildman–Crippen MR) is 139 cm³/mol. The molecule has 0 bridgehead atoms. The topological polar surface area (TPSA) is 186 Å². The number of hydroxylamine groups is 2. The van der Waals surface area contributed by atoms with Crippen molar-refractivity contribution in [2.75, 3.05) is 6.67 Å². The molecule has 12 heteroatoms. The Hall–Kier alpha value is -4.19. The molecular weight excluding hydrogens is 510 g/mol. The van der Waals surface area contributed by atoms with E-state index in [1.165, 1.54) is 30.3 Å². The van der Waals surface area contributed by atoms with Gasteiger partial charge in [-0.1, -0.05) is 45.6 Å². The maximum atomic E-state index is 12.9. The van der Waals surface area contributed by atoms with Crippen LogP contribution >= 0.6 is 0 Å². The van der Waals surface area contributed by atoms with Gasteiger partial charge in [-0.3, -0.25) is 24.4 Å². The van der Waals surface area contributed by atoms with E-state index in [9.17, 15) is 34.3 Å². The Balaban J connectivity index is 2.05. The largest absolute Gasteiger partial charge is 0.481 e. The van der Waals surface area contributed by atoms with Gasteiger partial charge in [0.2, 0.25) is 12.3 Å². The van der Waals surface area contributed by atoms with Crippen molar-refractivity contribution < 1.29 is 43.8 Å². The van der Waals surface area contributed by atoms with E-state index >= 15 is 0 Å². The Morgan fingerprint density at radius 2 is 1.77 bits per heavy atom. The molecule has 0 unspecified atom stereocenters. The second kappa shape index (κ2) is 15.3. The molecule has 3 amide bonds. The standard InChI is InChI=1S/C27H35N3O9/c1-3-5-6-7-8-20(21(4-2)30(38)16-31)25(34)28-15-29-26(35)23-12-11-22(39-23)17-9-10-19(27(36)37)18(13-17)14-24(32)33/h9-13,16,20-21,38H,3-8,14-15H2,1-2H3,(H,28,34)(H,29,35)(H,32,33)(H,36,37)/t20-,21-/m1/s1. The van der Waals surface area contributed by atoms with E-state index in [1.807, 2.05) is 0 Å². The Morgan fingerprint density at radius 3 is 2.38 bits per heavy atom. The minimum atomic E-state index is -1.26. The number of aliphatic carboxylic acids is 1. The molecule has 5 N–H and O–H groups in total. The summed E-state index contributed by atoms with van der Waals surface area (Å²) in [6.45, 7) is 3.61.